The molecule has 122 valence electrons. The standard InChI is InChI=1S/C17H27N3O2/c1-4-18-17(20-12-15-6-5-7-22-15)19-11-14-8-13(2)9-16(10-14)21-3/h8-10,15H,4-7,11-12H2,1-3H3,(H2,18,19,20). The molecule has 1 aromatic carbocycles. The van der Waals surface area contributed by atoms with E-state index in [2.05, 4.69) is 35.5 Å². The van der Waals surface area contributed by atoms with Gasteiger partial charge in [0.1, 0.15) is 5.75 Å². The second-order valence-electron chi connectivity index (χ2n) is 5.57. The molecule has 0 bridgehead atoms. The number of rotatable bonds is 6. The van der Waals surface area contributed by atoms with Crippen molar-refractivity contribution in [2.24, 2.45) is 4.99 Å². The van der Waals surface area contributed by atoms with Gasteiger partial charge in [0.15, 0.2) is 5.96 Å². The molecule has 0 amide bonds. The van der Waals surface area contributed by atoms with Crippen molar-refractivity contribution in [3.63, 3.8) is 0 Å². The number of methoxy groups -OCH3 is 1. The van der Waals surface area contributed by atoms with Gasteiger partial charge >= 0.3 is 0 Å². The Morgan fingerprint density at radius 2 is 2.23 bits per heavy atom. The molecule has 0 spiro atoms. The number of hydrogen-bond donors (Lipinski definition) is 2. The summed E-state index contributed by atoms with van der Waals surface area (Å²) in [4.78, 5) is 4.64. The van der Waals surface area contributed by atoms with Crippen LogP contribution in [0.25, 0.3) is 0 Å². The molecule has 5 nitrogen and oxygen atoms in total. The molecule has 0 aromatic heterocycles. The van der Waals surface area contributed by atoms with Crippen LogP contribution in [0.5, 0.6) is 5.75 Å². The number of hydrogen-bond acceptors (Lipinski definition) is 3. The van der Waals surface area contributed by atoms with Crippen LogP contribution in [-0.4, -0.2) is 38.9 Å². The summed E-state index contributed by atoms with van der Waals surface area (Å²) in [5.74, 6) is 1.71. The average molecular weight is 305 g/mol. The highest BCUT2D eigenvalue weighted by molar-refractivity contribution is 5.79. The lowest BCUT2D eigenvalue weighted by Gasteiger charge is -2.15. The lowest BCUT2D eigenvalue weighted by atomic mass is 10.1. The molecule has 0 aliphatic carbocycles. The first-order chi connectivity index (χ1) is 10.7. The van der Waals surface area contributed by atoms with E-state index in [-0.39, 0.29) is 0 Å². The number of aliphatic imine (C=N–C) groups is 1. The van der Waals surface area contributed by atoms with E-state index in [1.54, 1.807) is 7.11 Å². The van der Waals surface area contributed by atoms with Crippen molar-refractivity contribution in [2.75, 3.05) is 26.8 Å². The highest BCUT2D eigenvalue weighted by Crippen LogP contribution is 2.17. The van der Waals surface area contributed by atoms with Gasteiger partial charge in [0, 0.05) is 19.7 Å². The first-order valence-electron chi connectivity index (χ1n) is 7.99. The molecule has 1 unspecified atom stereocenters. The zero-order valence-electron chi connectivity index (χ0n) is 13.8. The maximum atomic E-state index is 5.63. The largest absolute Gasteiger partial charge is 0.497 e. The van der Waals surface area contributed by atoms with Crippen LogP contribution in [0.15, 0.2) is 23.2 Å². The average Bonchev–Trinajstić information content (AvgIpc) is 3.03. The lowest BCUT2D eigenvalue weighted by Crippen LogP contribution is -2.41. The quantitative estimate of drug-likeness (QED) is 0.625. The first kappa shape index (κ1) is 16.6. The molecule has 2 rings (SSSR count). The van der Waals surface area contributed by atoms with Gasteiger partial charge in [-0.1, -0.05) is 6.07 Å². The monoisotopic (exact) mass is 305 g/mol. The molecule has 1 saturated heterocycles. The summed E-state index contributed by atoms with van der Waals surface area (Å²) >= 11 is 0. The predicted molar refractivity (Wildman–Crippen MR) is 89.5 cm³/mol. The molecule has 0 radical (unpaired) electrons. The van der Waals surface area contributed by atoms with Gasteiger partial charge in [-0.3, -0.25) is 0 Å². The fourth-order valence-corrected chi connectivity index (χ4v) is 2.56. The fraction of sp³-hybridized carbons (Fsp3) is 0.588. The van der Waals surface area contributed by atoms with Crippen molar-refractivity contribution >= 4 is 5.96 Å². The molecule has 1 fully saturated rings. The van der Waals surface area contributed by atoms with Crippen LogP contribution in [0.2, 0.25) is 0 Å². The third-order valence-corrected chi connectivity index (χ3v) is 3.63. The lowest BCUT2D eigenvalue weighted by molar-refractivity contribution is 0.114. The Hall–Kier alpha value is -1.75. The van der Waals surface area contributed by atoms with Crippen LogP contribution in [0.3, 0.4) is 0 Å². The van der Waals surface area contributed by atoms with Gasteiger partial charge in [0.05, 0.1) is 19.8 Å². The summed E-state index contributed by atoms with van der Waals surface area (Å²) in [6.45, 7) is 7.29. The Bertz CT molecular complexity index is 497. The number of ether oxygens (including phenoxy) is 2. The Labute approximate surface area is 133 Å². The number of guanidine groups is 1. The molecule has 0 saturated carbocycles. The van der Waals surface area contributed by atoms with Gasteiger partial charge in [0.2, 0.25) is 0 Å². The molecular formula is C17H27N3O2. The van der Waals surface area contributed by atoms with Gasteiger partial charge in [-0.05, 0) is 49.9 Å². The van der Waals surface area contributed by atoms with E-state index in [9.17, 15) is 0 Å². The summed E-state index contributed by atoms with van der Waals surface area (Å²) in [6, 6.07) is 6.18. The summed E-state index contributed by atoms with van der Waals surface area (Å²) < 4.78 is 10.9. The van der Waals surface area contributed by atoms with Gasteiger partial charge in [-0.25, -0.2) is 4.99 Å². The van der Waals surface area contributed by atoms with Gasteiger partial charge < -0.3 is 20.1 Å². The number of benzene rings is 1. The molecular weight excluding hydrogens is 278 g/mol. The highest BCUT2D eigenvalue weighted by atomic mass is 16.5. The zero-order valence-corrected chi connectivity index (χ0v) is 13.8. The number of aryl methyl sites for hydroxylation is 1. The highest BCUT2D eigenvalue weighted by Gasteiger charge is 2.15. The van der Waals surface area contributed by atoms with Crippen LogP contribution in [-0.2, 0) is 11.3 Å². The number of nitrogens with zero attached hydrogens (tertiary/aromatic N) is 1. The molecule has 22 heavy (non-hydrogen) atoms. The molecule has 5 heteroatoms. The van der Waals surface area contributed by atoms with Gasteiger partial charge in [-0.2, -0.15) is 0 Å². The summed E-state index contributed by atoms with van der Waals surface area (Å²) in [5, 5.41) is 6.63. The third-order valence-electron chi connectivity index (χ3n) is 3.63. The van der Waals surface area contributed by atoms with E-state index in [1.807, 2.05) is 12.1 Å². The summed E-state index contributed by atoms with van der Waals surface area (Å²) in [7, 11) is 1.69. The SMILES string of the molecule is CCNC(=NCc1cc(C)cc(OC)c1)NCC1CCCO1. The Morgan fingerprint density at radius 3 is 2.91 bits per heavy atom. The third kappa shape index (κ3) is 5.22. The normalized spacial score (nSPS) is 18.3. The predicted octanol–water partition coefficient (Wildman–Crippen LogP) is 2.24. The Kier molecular flexibility index (Phi) is 6.52. The van der Waals surface area contributed by atoms with Crippen LogP contribution in [0, 0.1) is 6.92 Å². The van der Waals surface area contributed by atoms with E-state index in [0.717, 1.165) is 49.8 Å². The smallest absolute Gasteiger partial charge is 0.191 e. The van der Waals surface area contributed by atoms with Gasteiger partial charge in [-0.15, -0.1) is 0 Å². The fourth-order valence-electron chi connectivity index (χ4n) is 2.56. The molecule has 2 N–H and O–H groups in total. The van der Waals surface area contributed by atoms with E-state index >= 15 is 0 Å². The molecule has 1 aliphatic heterocycles. The molecule has 1 heterocycles. The van der Waals surface area contributed by atoms with Crippen molar-refractivity contribution in [1.29, 1.82) is 0 Å². The van der Waals surface area contributed by atoms with E-state index < -0.39 is 0 Å². The number of nitrogens with one attached hydrogen (secondary N) is 2. The molecule has 1 aliphatic rings. The van der Waals surface area contributed by atoms with Crippen LogP contribution < -0.4 is 15.4 Å². The minimum absolute atomic E-state index is 0.308. The van der Waals surface area contributed by atoms with Crippen molar-refractivity contribution in [2.45, 2.75) is 39.3 Å². The topological polar surface area (TPSA) is 54.9 Å². The second-order valence-corrected chi connectivity index (χ2v) is 5.57. The van der Waals surface area contributed by atoms with Crippen molar-refractivity contribution in [1.82, 2.24) is 10.6 Å². The van der Waals surface area contributed by atoms with E-state index in [1.165, 1.54) is 5.56 Å². The van der Waals surface area contributed by atoms with Crippen LogP contribution in [0.4, 0.5) is 0 Å². The van der Waals surface area contributed by atoms with E-state index in [0.29, 0.717) is 12.6 Å². The minimum Gasteiger partial charge on any atom is -0.497 e. The van der Waals surface area contributed by atoms with Crippen molar-refractivity contribution < 1.29 is 9.47 Å². The summed E-state index contributed by atoms with van der Waals surface area (Å²) in [6.07, 6.45) is 2.59. The van der Waals surface area contributed by atoms with Crippen molar-refractivity contribution in [3.8, 4) is 5.75 Å². The van der Waals surface area contributed by atoms with Crippen LogP contribution >= 0.6 is 0 Å². The second kappa shape index (κ2) is 8.63. The van der Waals surface area contributed by atoms with Crippen molar-refractivity contribution in [3.05, 3.63) is 29.3 Å². The maximum Gasteiger partial charge on any atom is 0.191 e. The maximum absolute atomic E-state index is 5.63. The summed E-state index contributed by atoms with van der Waals surface area (Å²) in [5.41, 5.74) is 2.33. The zero-order chi connectivity index (χ0) is 15.8. The van der Waals surface area contributed by atoms with Gasteiger partial charge in [0.25, 0.3) is 0 Å². The molecule has 1 aromatic rings. The molecule has 1 atom stereocenters. The minimum atomic E-state index is 0.308. The van der Waals surface area contributed by atoms with Crippen LogP contribution in [0.1, 0.15) is 30.9 Å². The Morgan fingerprint density at radius 1 is 1.36 bits per heavy atom. The first-order valence-corrected chi connectivity index (χ1v) is 7.99. The van der Waals surface area contributed by atoms with E-state index in [4.69, 9.17) is 9.47 Å². The Balaban J connectivity index is 1.94.